The molecule has 0 spiro atoms. The Morgan fingerprint density at radius 1 is 1.53 bits per heavy atom. The van der Waals surface area contributed by atoms with Gasteiger partial charge in [0.2, 0.25) is 0 Å². The third-order valence-electron chi connectivity index (χ3n) is 2.05. The predicted octanol–water partition coefficient (Wildman–Crippen LogP) is 2.23. The third kappa shape index (κ3) is 4.48. The summed E-state index contributed by atoms with van der Waals surface area (Å²) >= 11 is 0. The fraction of sp³-hybridized carbons (Fsp3) is 0.583. The second kappa shape index (κ2) is 5.23. The highest BCUT2D eigenvalue weighted by Gasteiger charge is 2.23. The number of rotatable bonds is 3. The first-order valence-electron chi connectivity index (χ1n) is 5.50. The molecule has 1 rings (SSSR count). The van der Waals surface area contributed by atoms with Crippen molar-refractivity contribution >= 4 is 6.09 Å². The SMILES string of the molecule is C[C@H](NC(=O)OC(C)(C)C)[C@@H](O)c1ccco1. The second-order valence-electron chi connectivity index (χ2n) is 4.90. The molecule has 0 aromatic carbocycles. The van der Waals surface area contributed by atoms with Gasteiger partial charge in [-0.25, -0.2) is 4.79 Å². The van der Waals surface area contributed by atoms with Crippen molar-refractivity contribution in [3.05, 3.63) is 24.2 Å². The number of carbonyl (C=O) groups is 1. The molecule has 2 N–H and O–H groups in total. The van der Waals surface area contributed by atoms with Crippen LogP contribution in [0.1, 0.15) is 39.6 Å². The summed E-state index contributed by atoms with van der Waals surface area (Å²) in [6, 6.07) is 2.84. The zero-order valence-corrected chi connectivity index (χ0v) is 10.6. The molecule has 5 nitrogen and oxygen atoms in total. The van der Waals surface area contributed by atoms with Crippen LogP contribution in [0, 0.1) is 0 Å². The Bertz CT molecular complexity index is 353. The number of ether oxygens (including phenoxy) is 1. The highest BCUT2D eigenvalue weighted by molar-refractivity contribution is 5.68. The summed E-state index contributed by atoms with van der Waals surface area (Å²) in [4.78, 5) is 11.5. The van der Waals surface area contributed by atoms with Gasteiger partial charge in [0.15, 0.2) is 0 Å². The summed E-state index contributed by atoms with van der Waals surface area (Å²) in [5, 5.41) is 12.4. The first-order valence-corrected chi connectivity index (χ1v) is 5.50. The Hall–Kier alpha value is -1.49. The predicted molar refractivity (Wildman–Crippen MR) is 62.5 cm³/mol. The minimum absolute atomic E-state index is 0.411. The Labute approximate surface area is 101 Å². The molecule has 2 atom stereocenters. The van der Waals surface area contributed by atoms with E-state index >= 15 is 0 Å². The molecule has 0 unspecified atom stereocenters. The van der Waals surface area contributed by atoms with Crippen LogP contribution in [0.5, 0.6) is 0 Å². The average molecular weight is 241 g/mol. The molecule has 1 amide bonds. The minimum atomic E-state index is -0.891. The molecule has 0 saturated heterocycles. The maximum absolute atomic E-state index is 11.5. The van der Waals surface area contributed by atoms with E-state index in [1.54, 1.807) is 39.8 Å². The number of amides is 1. The molecule has 1 heterocycles. The van der Waals surface area contributed by atoms with E-state index < -0.39 is 23.8 Å². The van der Waals surface area contributed by atoms with Crippen LogP contribution in [0.4, 0.5) is 4.79 Å². The number of furan rings is 1. The molecule has 1 aromatic heterocycles. The molecule has 0 fully saturated rings. The lowest BCUT2D eigenvalue weighted by molar-refractivity contribution is 0.0415. The van der Waals surface area contributed by atoms with Gasteiger partial charge in [-0.05, 0) is 39.8 Å². The van der Waals surface area contributed by atoms with Gasteiger partial charge in [0.1, 0.15) is 17.5 Å². The molecule has 17 heavy (non-hydrogen) atoms. The van der Waals surface area contributed by atoms with Gasteiger partial charge >= 0.3 is 6.09 Å². The Morgan fingerprint density at radius 2 is 2.18 bits per heavy atom. The number of aliphatic hydroxyl groups excluding tert-OH is 1. The van der Waals surface area contributed by atoms with E-state index in [1.165, 1.54) is 6.26 Å². The summed E-state index contributed by atoms with van der Waals surface area (Å²) in [6.45, 7) is 7.01. The maximum atomic E-state index is 11.5. The maximum Gasteiger partial charge on any atom is 0.407 e. The van der Waals surface area contributed by atoms with Crippen LogP contribution in [0.15, 0.2) is 22.8 Å². The number of aliphatic hydroxyl groups is 1. The van der Waals surface area contributed by atoms with Crippen LogP contribution >= 0.6 is 0 Å². The Morgan fingerprint density at radius 3 is 2.65 bits per heavy atom. The lowest BCUT2D eigenvalue weighted by Gasteiger charge is -2.23. The normalized spacial score (nSPS) is 15.1. The van der Waals surface area contributed by atoms with Crippen LogP contribution in [-0.2, 0) is 4.74 Å². The van der Waals surface area contributed by atoms with Crippen molar-refractivity contribution < 1.29 is 19.1 Å². The number of alkyl carbamates (subject to hydrolysis) is 1. The van der Waals surface area contributed by atoms with Crippen molar-refractivity contribution in [3.8, 4) is 0 Å². The lowest BCUT2D eigenvalue weighted by Crippen LogP contribution is -2.40. The van der Waals surface area contributed by atoms with Crippen molar-refractivity contribution in [1.82, 2.24) is 5.32 Å². The van der Waals surface area contributed by atoms with Crippen LogP contribution in [0.3, 0.4) is 0 Å². The first kappa shape index (κ1) is 13.6. The molecule has 0 aliphatic heterocycles. The van der Waals surface area contributed by atoms with E-state index in [4.69, 9.17) is 9.15 Å². The van der Waals surface area contributed by atoms with Crippen LogP contribution < -0.4 is 5.32 Å². The van der Waals surface area contributed by atoms with E-state index in [0.717, 1.165) is 0 Å². The molecule has 0 aliphatic carbocycles. The minimum Gasteiger partial charge on any atom is -0.467 e. The number of hydrogen-bond donors (Lipinski definition) is 2. The van der Waals surface area contributed by atoms with Crippen molar-refractivity contribution in [2.45, 2.75) is 45.4 Å². The average Bonchev–Trinajstić information content (AvgIpc) is 2.65. The van der Waals surface area contributed by atoms with Crippen LogP contribution in [0.2, 0.25) is 0 Å². The number of carbonyl (C=O) groups excluding carboxylic acids is 1. The fourth-order valence-electron chi connectivity index (χ4n) is 1.28. The van der Waals surface area contributed by atoms with Gasteiger partial charge in [0, 0.05) is 0 Å². The monoisotopic (exact) mass is 241 g/mol. The topological polar surface area (TPSA) is 71.7 Å². The van der Waals surface area contributed by atoms with Crippen molar-refractivity contribution in [1.29, 1.82) is 0 Å². The molecule has 5 heteroatoms. The fourth-order valence-corrected chi connectivity index (χ4v) is 1.28. The molecule has 0 radical (unpaired) electrons. The number of nitrogens with one attached hydrogen (secondary N) is 1. The van der Waals surface area contributed by atoms with E-state index in [0.29, 0.717) is 5.76 Å². The van der Waals surface area contributed by atoms with Crippen LogP contribution in [-0.4, -0.2) is 22.8 Å². The molecular weight excluding hydrogens is 222 g/mol. The van der Waals surface area contributed by atoms with E-state index in [9.17, 15) is 9.90 Å². The summed E-state index contributed by atoms with van der Waals surface area (Å²) < 4.78 is 10.1. The second-order valence-corrected chi connectivity index (χ2v) is 4.90. The zero-order valence-electron chi connectivity index (χ0n) is 10.6. The van der Waals surface area contributed by atoms with Gasteiger partial charge in [-0.3, -0.25) is 0 Å². The first-order chi connectivity index (χ1) is 7.79. The highest BCUT2D eigenvalue weighted by Crippen LogP contribution is 2.17. The quantitative estimate of drug-likeness (QED) is 0.851. The molecule has 0 saturated carbocycles. The third-order valence-corrected chi connectivity index (χ3v) is 2.05. The highest BCUT2D eigenvalue weighted by atomic mass is 16.6. The molecule has 96 valence electrons. The van der Waals surface area contributed by atoms with Gasteiger partial charge in [0.25, 0.3) is 0 Å². The standard InChI is InChI=1S/C12H19NO4/c1-8(10(14)9-6-5-7-16-9)13-11(15)17-12(2,3)4/h5-8,10,14H,1-4H3,(H,13,15)/t8-,10+/m0/s1. The van der Waals surface area contributed by atoms with E-state index in [1.807, 2.05) is 0 Å². The van der Waals surface area contributed by atoms with E-state index in [2.05, 4.69) is 5.32 Å². The summed E-state index contributed by atoms with van der Waals surface area (Å²) in [5.74, 6) is 0.411. The smallest absolute Gasteiger partial charge is 0.407 e. The largest absolute Gasteiger partial charge is 0.467 e. The summed E-state index contributed by atoms with van der Waals surface area (Å²) in [6.07, 6.45) is 0.0202. The summed E-state index contributed by atoms with van der Waals surface area (Å²) in [7, 11) is 0. The summed E-state index contributed by atoms with van der Waals surface area (Å²) in [5.41, 5.74) is -0.556. The van der Waals surface area contributed by atoms with Gasteiger partial charge in [-0.15, -0.1) is 0 Å². The van der Waals surface area contributed by atoms with Gasteiger partial charge in [0.05, 0.1) is 12.3 Å². The molecule has 1 aromatic rings. The van der Waals surface area contributed by atoms with Gasteiger partial charge in [-0.1, -0.05) is 0 Å². The van der Waals surface area contributed by atoms with Gasteiger partial charge < -0.3 is 19.6 Å². The van der Waals surface area contributed by atoms with Crippen LogP contribution in [0.25, 0.3) is 0 Å². The molecule has 0 bridgehead atoms. The lowest BCUT2D eigenvalue weighted by atomic mass is 10.1. The zero-order chi connectivity index (χ0) is 13.1. The van der Waals surface area contributed by atoms with E-state index in [-0.39, 0.29) is 0 Å². The number of hydrogen-bond acceptors (Lipinski definition) is 4. The van der Waals surface area contributed by atoms with Crippen molar-refractivity contribution in [2.75, 3.05) is 0 Å². The molecule has 0 aliphatic rings. The molecular formula is C12H19NO4. The Balaban J connectivity index is 2.49. The van der Waals surface area contributed by atoms with Crippen molar-refractivity contribution in [3.63, 3.8) is 0 Å². The van der Waals surface area contributed by atoms with Crippen molar-refractivity contribution in [2.24, 2.45) is 0 Å². The Kier molecular flexibility index (Phi) is 4.17. The van der Waals surface area contributed by atoms with Gasteiger partial charge in [-0.2, -0.15) is 0 Å².